The van der Waals surface area contributed by atoms with Crippen molar-refractivity contribution in [2.75, 3.05) is 0 Å². The Kier molecular flexibility index (Phi) is 0.977. The predicted octanol–water partition coefficient (Wildman–Crippen LogP) is 1.22. The van der Waals surface area contributed by atoms with Crippen LogP contribution in [0.5, 0.6) is 0 Å². The molecule has 0 aromatic carbocycles. The molecule has 0 amide bonds. The Bertz CT molecular complexity index is 261. The first-order chi connectivity index (χ1) is 4.77. The molecule has 0 spiro atoms. The lowest BCUT2D eigenvalue weighted by molar-refractivity contribution is -0.275. The van der Waals surface area contributed by atoms with Crippen LogP contribution in [0.25, 0.3) is 0 Å². The van der Waals surface area contributed by atoms with Gasteiger partial charge in [0.2, 0.25) is 0 Å². The van der Waals surface area contributed by atoms with E-state index in [0.29, 0.717) is 5.70 Å². The van der Waals surface area contributed by atoms with E-state index in [1.165, 1.54) is 0 Å². The normalized spacial score (nSPS) is 20.4. The van der Waals surface area contributed by atoms with Crippen LogP contribution in [0, 0.1) is 0 Å². The molecule has 0 aromatic heterocycles. The fourth-order valence-electron chi connectivity index (χ4n) is 1.27. The lowest BCUT2D eigenvalue weighted by Gasteiger charge is -2.08. The van der Waals surface area contributed by atoms with Gasteiger partial charge >= 0.3 is 0 Å². The summed E-state index contributed by atoms with van der Waals surface area (Å²) in [5, 5.41) is 17.4. The van der Waals surface area contributed by atoms with Crippen LogP contribution in [-0.4, -0.2) is 15.6 Å². The molecule has 10 heavy (non-hydrogen) atoms. The van der Waals surface area contributed by atoms with Crippen LogP contribution in [0.15, 0.2) is 35.1 Å². The van der Waals surface area contributed by atoms with Crippen molar-refractivity contribution in [2.24, 2.45) is 0 Å². The minimum absolute atomic E-state index is 0.172. The molecule has 52 valence electrons. The highest BCUT2D eigenvalue weighted by Crippen LogP contribution is 2.33. The van der Waals surface area contributed by atoms with Gasteiger partial charge in [0.15, 0.2) is 0 Å². The molecule has 2 N–H and O–H groups in total. The highest BCUT2D eigenvalue weighted by atomic mass is 16.8. The van der Waals surface area contributed by atoms with Gasteiger partial charge in [-0.15, -0.1) is 5.23 Å². The number of hydrogen-bond acceptors (Lipinski definition) is 3. The minimum atomic E-state index is 0.172. The van der Waals surface area contributed by atoms with E-state index in [4.69, 9.17) is 10.4 Å². The van der Waals surface area contributed by atoms with Gasteiger partial charge in [0, 0.05) is 0 Å². The Labute approximate surface area is 58.1 Å². The van der Waals surface area contributed by atoms with Crippen LogP contribution in [0.2, 0.25) is 0 Å². The molecular weight excluding hydrogens is 130 g/mol. The zero-order valence-electron chi connectivity index (χ0n) is 5.28. The third kappa shape index (κ3) is 0.616. The fraction of sp³-hybridized carbons (Fsp3) is 0.143. The topological polar surface area (TPSA) is 43.7 Å². The number of hydrogen-bond donors (Lipinski definition) is 2. The second-order valence-electron chi connectivity index (χ2n) is 2.43. The Hall–Kier alpha value is -1.06. The van der Waals surface area contributed by atoms with Crippen molar-refractivity contribution in [1.29, 1.82) is 0 Å². The SMILES string of the molecule is ON(O)C1=C2C=CC(=C1)C2. The van der Waals surface area contributed by atoms with Gasteiger partial charge in [0.05, 0.1) is 5.70 Å². The van der Waals surface area contributed by atoms with Gasteiger partial charge in [-0.3, -0.25) is 10.4 Å². The van der Waals surface area contributed by atoms with E-state index in [-0.39, 0.29) is 5.23 Å². The van der Waals surface area contributed by atoms with Crippen molar-refractivity contribution in [1.82, 2.24) is 5.23 Å². The number of rotatable bonds is 1. The van der Waals surface area contributed by atoms with Crippen LogP contribution < -0.4 is 0 Å². The lowest BCUT2D eigenvalue weighted by atomic mass is 10.2. The maximum atomic E-state index is 8.63. The van der Waals surface area contributed by atoms with E-state index in [0.717, 1.165) is 17.6 Å². The molecule has 2 rings (SSSR count). The number of hydroxylamine groups is 2. The largest absolute Gasteiger partial charge is 0.264 e. The van der Waals surface area contributed by atoms with Crippen molar-refractivity contribution >= 4 is 0 Å². The zero-order chi connectivity index (χ0) is 7.14. The van der Waals surface area contributed by atoms with Gasteiger partial charge in [-0.05, 0) is 23.6 Å². The zero-order valence-corrected chi connectivity index (χ0v) is 5.28. The van der Waals surface area contributed by atoms with Gasteiger partial charge < -0.3 is 0 Å². The van der Waals surface area contributed by atoms with Gasteiger partial charge in [0.1, 0.15) is 0 Å². The van der Waals surface area contributed by atoms with E-state index in [1.54, 1.807) is 6.08 Å². The first kappa shape index (κ1) is 5.70. The third-order valence-corrected chi connectivity index (χ3v) is 1.76. The summed E-state index contributed by atoms with van der Waals surface area (Å²) in [7, 11) is 0. The smallest absolute Gasteiger partial charge is 0.0980 e. The molecule has 0 aliphatic heterocycles. The quantitative estimate of drug-likeness (QED) is 0.534. The second-order valence-corrected chi connectivity index (χ2v) is 2.43. The number of allylic oxidation sites excluding steroid dienone is 5. The van der Waals surface area contributed by atoms with Gasteiger partial charge in [-0.2, -0.15) is 0 Å². The maximum absolute atomic E-state index is 8.63. The molecule has 2 aliphatic carbocycles. The van der Waals surface area contributed by atoms with E-state index >= 15 is 0 Å². The fourth-order valence-corrected chi connectivity index (χ4v) is 1.27. The average molecular weight is 137 g/mol. The van der Waals surface area contributed by atoms with Crippen LogP contribution in [0.1, 0.15) is 6.42 Å². The summed E-state index contributed by atoms with van der Waals surface area (Å²) in [6.07, 6.45) is 6.47. The molecule has 3 heteroatoms. The Morgan fingerprint density at radius 2 is 2.10 bits per heavy atom. The molecule has 3 nitrogen and oxygen atoms in total. The van der Waals surface area contributed by atoms with Crippen LogP contribution in [0.4, 0.5) is 0 Å². The Morgan fingerprint density at radius 3 is 2.40 bits per heavy atom. The first-order valence-corrected chi connectivity index (χ1v) is 3.07. The first-order valence-electron chi connectivity index (χ1n) is 3.07. The summed E-state index contributed by atoms with van der Waals surface area (Å²) in [4.78, 5) is 0. The molecule has 2 aliphatic rings. The van der Waals surface area contributed by atoms with E-state index < -0.39 is 0 Å². The maximum Gasteiger partial charge on any atom is 0.0980 e. The summed E-state index contributed by atoms with van der Waals surface area (Å²) >= 11 is 0. The van der Waals surface area contributed by atoms with Crippen LogP contribution in [0.3, 0.4) is 0 Å². The van der Waals surface area contributed by atoms with Crippen molar-refractivity contribution in [2.45, 2.75) is 6.42 Å². The molecule has 0 radical (unpaired) electrons. The van der Waals surface area contributed by atoms with Crippen molar-refractivity contribution in [3.05, 3.63) is 35.1 Å². The second kappa shape index (κ2) is 1.71. The minimum Gasteiger partial charge on any atom is -0.264 e. The predicted molar refractivity (Wildman–Crippen MR) is 34.3 cm³/mol. The van der Waals surface area contributed by atoms with E-state index in [2.05, 4.69) is 0 Å². The lowest BCUT2D eigenvalue weighted by Crippen LogP contribution is -2.11. The summed E-state index contributed by atoms with van der Waals surface area (Å²) in [6, 6.07) is 0. The number of nitrogens with zero attached hydrogens (tertiary/aromatic N) is 1. The number of fused-ring (bicyclic) bond motifs is 2. The van der Waals surface area contributed by atoms with Crippen molar-refractivity contribution in [3.63, 3.8) is 0 Å². The van der Waals surface area contributed by atoms with Gasteiger partial charge in [-0.1, -0.05) is 12.2 Å². The molecule has 0 saturated carbocycles. The Morgan fingerprint density at radius 1 is 1.30 bits per heavy atom. The molecule has 2 bridgehead atoms. The van der Waals surface area contributed by atoms with Crippen molar-refractivity contribution in [3.8, 4) is 0 Å². The van der Waals surface area contributed by atoms with Gasteiger partial charge in [0.25, 0.3) is 0 Å². The third-order valence-electron chi connectivity index (χ3n) is 1.76. The molecule has 0 heterocycles. The summed E-state index contributed by atoms with van der Waals surface area (Å²) in [5.74, 6) is 0. The standard InChI is InChI=1S/C7H7NO2/c9-8(10)7-4-5-1-2-6(7)3-5/h1-2,4,9-10H,3H2. The molecule has 0 atom stereocenters. The van der Waals surface area contributed by atoms with Gasteiger partial charge in [-0.25, -0.2) is 0 Å². The molecular formula is C7H7NO2. The molecule has 0 saturated heterocycles. The van der Waals surface area contributed by atoms with Crippen LogP contribution >= 0.6 is 0 Å². The molecule has 0 unspecified atom stereocenters. The van der Waals surface area contributed by atoms with Crippen molar-refractivity contribution < 1.29 is 10.4 Å². The highest BCUT2D eigenvalue weighted by Gasteiger charge is 2.20. The summed E-state index contributed by atoms with van der Waals surface area (Å²) in [5.41, 5.74) is 2.61. The molecule has 0 fully saturated rings. The van der Waals surface area contributed by atoms with Crippen LogP contribution in [-0.2, 0) is 0 Å². The molecule has 0 aromatic rings. The Balaban J connectivity index is 2.41. The highest BCUT2D eigenvalue weighted by molar-refractivity contribution is 5.53. The summed E-state index contributed by atoms with van der Waals surface area (Å²) < 4.78 is 0. The average Bonchev–Trinajstić information content (AvgIpc) is 2.44. The summed E-state index contributed by atoms with van der Waals surface area (Å²) in [6.45, 7) is 0. The van der Waals surface area contributed by atoms with E-state index in [9.17, 15) is 0 Å². The monoisotopic (exact) mass is 137 g/mol. The van der Waals surface area contributed by atoms with E-state index in [1.807, 2.05) is 12.2 Å².